The second-order valence-corrected chi connectivity index (χ2v) is 4.55. The van der Waals surface area contributed by atoms with Crippen LogP contribution in [0.2, 0.25) is 0 Å². The van der Waals surface area contributed by atoms with Gasteiger partial charge in [-0.1, -0.05) is 12.1 Å². The first-order valence-corrected chi connectivity index (χ1v) is 5.62. The molecular weight excluding hydrogens is 218 g/mol. The van der Waals surface area contributed by atoms with E-state index in [4.69, 9.17) is 0 Å². The van der Waals surface area contributed by atoms with Gasteiger partial charge in [-0.3, -0.25) is 0 Å². The van der Waals surface area contributed by atoms with Gasteiger partial charge in [-0.15, -0.1) is 0 Å². The Morgan fingerprint density at radius 1 is 1.33 bits per heavy atom. The average Bonchev–Trinajstić information content (AvgIpc) is 2.28. The minimum atomic E-state index is -3.63. The largest absolute Gasteiger partial charge is 0.465 e. The van der Waals surface area contributed by atoms with Crippen molar-refractivity contribution in [2.24, 2.45) is 0 Å². The number of esters is 1. The number of sulfonamides is 1. The van der Waals surface area contributed by atoms with Crippen LogP contribution in [0.25, 0.3) is 0 Å². The maximum absolute atomic E-state index is 11.5. The molecular formula is C9H11NO4S. The van der Waals surface area contributed by atoms with E-state index in [2.05, 4.69) is 9.46 Å². The molecule has 0 unspecified atom stereocenters. The summed E-state index contributed by atoms with van der Waals surface area (Å²) >= 11 is 0. The molecule has 0 radical (unpaired) electrons. The van der Waals surface area contributed by atoms with Crippen LogP contribution in [0.15, 0.2) is 29.2 Å². The first kappa shape index (κ1) is 11.7. The quantitative estimate of drug-likeness (QED) is 0.760. The van der Waals surface area contributed by atoms with Crippen LogP contribution in [-0.4, -0.2) is 28.5 Å². The lowest BCUT2D eigenvalue weighted by Gasteiger charge is -2.07. The SMILES string of the molecule is CNS(=O)(=O)c1ccccc1C(=O)OC. The number of benzene rings is 1. The molecule has 0 saturated carbocycles. The molecule has 0 aliphatic heterocycles. The van der Waals surface area contributed by atoms with Gasteiger partial charge in [0, 0.05) is 0 Å². The smallest absolute Gasteiger partial charge is 0.339 e. The van der Waals surface area contributed by atoms with Crippen LogP contribution in [0.4, 0.5) is 0 Å². The Hall–Kier alpha value is -1.40. The van der Waals surface area contributed by atoms with Crippen molar-refractivity contribution in [3.63, 3.8) is 0 Å². The van der Waals surface area contributed by atoms with Crippen LogP contribution < -0.4 is 4.72 Å². The Balaban J connectivity index is 3.37. The van der Waals surface area contributed by atoms with Gasteiger partial charge < -0.3 is 4.74 Å². The summed E-state index contributed by atoms with van der Waals surface area (Å²) in [6, 6.07) is 5.85. The zero-order valence-electron chi connectivity index (χ0n) is 8.35. The number of rotatable bonds is 3. The molecule has 1 N–H and O–H groups in total. The van der Waals surface area contributed by atoms with Gasteiger partial charge in [-0.05, 0) is 19.2 Å². The second kappa shape index (κ2) is 4.41. The minimum Gasteiger partial charge on any atom is -0.465 e. The minimum absolute atomic E-state index is 0.0225. The highest BCUT2D eigenvalue weighted by Gasteiger charge is 2.20. The zero-order chi connectivity index (χ0) is 11.5. The van der Waals surface area contributed by atoms with E-state index in [0.717, 1.165) is 0 Å². The molecule has 0 bridgehead atoms. The van der Waals surface area contributed by atoms with Gasteiger partial charge in [0.25, 0.3) is 0 Å². The van der Waals surface area contributed by atoms with Crippen molar-refractivity contribution in [3.8, 4) is 0 Å². The van der Waals surface area contributed by atoms with E-state index in [-0.39, 0.29) is 10.5 Å². The maximum atomic E-state index is 11.5. The van der Waals surface area contributed by atoms with Gasteiger partial charge in [0.1, 0.15) is 0 Å². The summed E-state index contributed by atoms with van der Waals surface area (Å²) in [5.74, 6) is -0.676. The van der Waals surface area contributed by atoms with E-state index >= 15 is 0 Å². The Bertz CT molecular complexity index is 467. The number of hydrogen-bond donors (Lipinski definition) is 1. The first-order chi connectivity index (χ1) is 7.03. The van der Waals surface area contributed by atoms with E-state index in [0.29, 0.717) is 0 Å². The Morgan fingerprint density at radius 3 is 2.47 bits per heavy atom. The summed E-state index contributed by atoms with van der Waals surface area (Å²) in [6.45, 7) is 0. The van der Waals surface area contributed by atoms with E-state index in [9.17, 15) is 13.2 Å². The molecule has 0 atom stereocenters. The molecule has 5 nitrogen and oxygen atoms in total. The fourth-order valence-corrected chi connectivity index (χ4v) is 2.01. The third kappa shape index (κ3) is 2.34. The summed E-state index contributed by atoms with van der Waals surface area (Å²) < 4.78 is 29.7. The molecule has 0 heterocycles. The second-order valence-electron chi connectivity index (χ2n) is 2.70. The summed E-state index contributed by atoms with van der Waals surface area (Å²) in [5, 5.41) is 0. The Labute approximate surface area is 88.1 Å². The van der Waals surface area contributed by atoms with E-state index in [1.165, 1.54) is 32.4 Å². The molecule has 0 amide bonds. The van der Waals surface area contributed by atoms with Crippen LogP contribution in [0.1, 0.15) is 10.4 Å². The van der Waals surface area contributed by atoms with E-state index in [1.54, 1.807) is 6.07 Å². The number of methoxy groups -OCH3 is 1. The third-order valence-electron chi connectivity index (χ3n) is 1.85. The lowest BCUT2D eigenvalue weighted by molar-refractivity contribution is 0.0596. The molecule has 0 saturated heterocycles. The molecule has 15 heavy (non-hydrogen) atoms. The summed E-state index contributed by atoms with van der Waals surface area (Å²) in [7, 11) is -1.15. The van der Waals surface area contributed by atoms with E-state index < -0.39 is 16.0 Å². The molecule has 1 aromatic rings. The van der Waals surface area contributed by atoms with E-state index in [1.807, 2.05) is 0 Å². The van der Waals surface area contributed by atoms with Crippen molar-refractivity contribution >= 4 is 16.0 Å². The summed E-state index contributed by atoms with van der Waals surface area (Å²) in [4.78, 5) is 11.2. The molecule has 1 aromatic carbocycles. The van der Waals surface area contributed by atoms with Gasteiger partial charge in [-0.2, -0.15) is 0 Å². The fourth-order valence-electron chi connectivity index (χ4n) is 1.09. The zero-order valence-corrected chi connectivity index (χ0v) is 9.17. The predicted molar refractivity (Wildman–Crippen MR) is 54.0 cm³/mol. The van der Waals surface area contributed by atoms with Crippen molar-refractivity contribution in [2.45, 2.75) is 4.90 Å². The molecule has 6 heteroatoms. The number of hydrogen-bond acceptors (Lipinski definition) is 4. The summed E-state index contributed by atoms with van der Waals surface area (Å²) in [5.41, 5.74) is 0.0225. The van der Waals surface area contributed by atoms with Crippen LogP contribution in [0.3, 0.4) is 0 Å². The number of nitrogens with one attached hydrogen (secondary N) is 1. The van der Waals surface area contributed by atoms with Gasteiger partial charge in [-0.25, -0.2) is 17.9 Å². The summed E-state index contributed by atoms with van der Waals surface area (Å²) in [6.07, 6.45) is 0. The third-order valence-corrected chi connectivity index (χ3v) is 3.32. The topological polar surface area (TPSA) is 72.5 Å². The van der Waals surface area contributed by atoms with Crippen LogP contribution >= 0.6 is 0 Å². The highest BCUT2D eigenvalue weighted by atomic mass is 32.2. The number of ether oxygens (including phenoxy) is 1. The normalized spacial score (nSPS) is 11.1. The highest BCUT2D eigenvalue weighted by molar-refractivity contribution is 7.89. The molecule has 82 valence electrons. The average molecular weight is 229 g/mol. The van der Waals surface area contributed by atoms with Crippen molar-refractivity contribution in [3.05, 3.63) is 29.8 Å². The Morgan fingerprint density at radius 2 is 1.93 bits per heavy atom. The van der Waals surface area contributed by atoms with Crippen LogP contribution in [0.5, 0.6) is 0 Å². The number of carbonyl (C=O) groups is 1. The van der Waals surface area contributed by atoms with Crippen molar-refractivity contribution < 1.29 is 17.9 Å². The predicted octanol–water partition coefficient (Wildman–Crippen LogP) is 0.381. The van der Waals surface area contributed by atoms with Crippen molar-refractivity contribution in [2.75, 3.05) is 14.2 Å². The molecule has 0 aliphatic carbocycles. The lowest BCUT2D eigenvalue weighted by Crippen LogP contribution is -2.21. The van der Waals surface area contributed by atoms with Gasteiger partial charge in [0.05, 0.1) is 17.6 Å². The standard InChI is InChI=1S/C9H11NO4S/c1-10-15(12,13)8-6-4-3-5-7(8)9(11)14-2/h3-6,10H,1-2H3. The van der Waals surface area contributed by atoms with Gasteiger partial charge in [0.15, 0.2) is 0 Å². The molecule has 0 aliphatic rings. The molecule has 0 fully saturated rings. The highest BCUT2D eigenvalue weighted by Crippen LogP contribution is 2.15. The molecule has 1 rings (SSSR count). The molecule has 0 spiro atoms. The monoisotopic (exact) mass is 229 g/mol. The Kier molecular flexibility index (Phi) is 3.43. The van der Waals surface area contributed by atoms with Crippen molar-refractivity contribution in [1.29, 1.82) is 0 Å². The fraction of sp³-hybridized carbons (Fsp3) is 0.222. The maximum Gasteiger partial charge on any atom is 0.339 e. The molecule has 0 aromatic heterocycles. The van der Waals surface area contributed by atoms with Crippen molar-refractivity contribution in [1.82, 2.24) is 4.72 Å². The van der Waals surface area contributed by atoms with Gasteiger partial charge in [0.2, 0.25) is 10.0 Å². The van der Waals surface area contributed by atoms with Crippen LogP contribution in [-0.2, 0) is 14.8 Å². The number of carbonyl (C=O) groups excluding carboxylic acids is 1. The van der Waals surface area contributed by atoms with Crippen LogP contribution in [0, 0.1) is 0 Å². The lowest BCUT2D eigenvalue weighted by atomic mass is 10.2. The van der Waals surface area contributed by atoms with Gasteiger partial charge >= 0.3 is 5.97 Å². The first-order valence-electron chi connectivity index (χ1n) is 4.14.